The maximum absolute atomic E-state index is 12.2. The molecule has 106 valence electrons. The standard InChI is InChI=1S/C14H13N5OS/c1-3-5-7-19(6-4-2)12(20)8-11-9-21-14(17-11)13-15-10-16-18-13/h2,9-10H,6-8H2,1H3,(H,15,16,18). The molecular formula is C14H13N5OS. The van der Waals surface area contributed by atoms with Crippen molar-refractivity contribution in [3.05, 3.63) is 17.4 Å². The van der Waals surface area contributed by atoms with Crippen LogP contribution in [-0.2, 0) is 11.2 Å². The lowest BCUT2D eigenvalue weighted by Gasteiger charge is -2.16. The van der Waals surface area contributed by atoms with Crippen LogP contribution in [-0.4, -0.2) is 44.1 Å². The molecule has 0 spiro atoms. The van der Waals surface area contributed by atoms with E-state index >= 15 is 0 Å². The van der Waals surface area contributed by atoms with Gasteiger partial charge in [0, 0.05) is 5.38 Å². The number of terminal acetylenes is 1. The van der Waals surface area contributed by atoms with Gasteiger partial charge in [-0.05, 0) is 6.92 Å². The maximum Gasteiger partial charge on any atom is 0.230 e. The highest BCUT2D eigenvalue weighted by Crippen LogP contribution is 2.19. The highest BCUT2D eigenvalue weighted by atomic mass is 32.1. The van der Waals surface area contributed by atoms with Crippen molar-refractivity contribution in [1.82, 2.24) is 25.1 Å². The Labute approximate surface area is 126 Å². The molecule has 6 nitrogen and oxygen atoms in total. The van der Waals surface area contributed by atoms with Crippen LogP contribution in [0, 0.1) is 24.2 Å². The molecular weight excluding hydrogens is 286 g/mol. The molecule has 0 unspecified atom stereocenters. The topological polar surface area (TPSA) is 74.8 Å². The van der Waals surface area contributed by atoms with E-state index in [0.717, 1.165) is 0 Å². The fourth-order valence-corrected chi connectivity index (χ4v) is 2.35. The summed E-state index contributed by atoms with van der Waals surface area (Å²) < 4.78 is 0. The van der Waals surface area contributed by atoms with Crippen molar-refractivity contribution in [2.75, 3.05) is 13.1 Å². The zero-order valence-corrected chi connectivity index (χ0v) is 12.3. The molecule has 0 saturated heterocycles. The highest BCUT2D eigenvalue weighted by Gasteiger charge is 2.15. The average molecular weight is 299 g/mol. The van der Waals surface area contributed by atoms with E-state index in [0.29, 0.717) is 23.1 Å². The number of carbonyl (C=O) groups excluding carboxylic acids is 1. The summed E-state index contributed by atoms with van der Waals surface area (Å²) in [5, 5.41) is 9.04. The Bertz CT molecular complexity index is 702. The molecule has 0 atom stereocenters. The number of amides is 1. The largest absolute Gasteiger partial charge is 0.320 e. The Morgan fingerprint density at radius 2 is 2.38 bits per heavy atom. The minimum Gasteiger partial charge on any atom is -0.320 e. The van der Waals surface area contributed by atoms with E-state index < -0.39 is 0 Å². The minimum absolute atomic E-state index is 0.0925. The summed E-state index contributed by atoms with van der Waals surface area (Å²) in [6.45, 7) is 2.30. The van der Waals surface area contributed by atoms with Crippen LogP contribution in [0.15, 0.2) is 11.7 Å². The van der Waals surface area contributed by atoms with Gasteiger partial charge >= 0.3 is 0 Å². The van der Waals surface area contributed by atoms with E-state index in [1.807, 2.05) is 5.38 Å². The van der Waals surface area contributed by atoms with Gasteiger partial charge in [-0.1, -0.05) is 11.8 Å². The number of nitrogens with one attached hydrogen (secondary N) is 1. The lowest BCUT2D eigenvalue weighted by atomic mass is 10.3. The number of hydrogen-bond acceptors (Lipinski definition) is 5. The Morgan fingerprint density at radius 3 is 3.05 bits per heavy atom. The quantitative estimate of drug-likeness (QED) is 0.834. The van der Waals surface area contributed by atoms with Gasteiger partial charge in [0.25, 0.3) is 0 Å². The molecule has 2 aromatic rings. The van der Waals surface area contributed by atoms with Gasteiger partial charge in [0.05, 0.1) is 25.2 Å². The molecule has 2 heterocycles. The van der Waals surface area contributed by atoms with Gasteiger partial charge in [0.2, 0.25) is 5.91 Å². The van der Waals surface area contributed by atoms with Crippen molar-refractivity contribution in [3.8, 4) is 35.0 Å². The van der Waals surface area contributed by atoms with E-state index in [9.17, 15) is 4.79 Å². The van der Waals surface area contributed by atoms with Gasteiger partial charge in [-0.25, -0.2) is 9.97 Å². The van der Waals surface area contributed by atoms with Crippen LogP contribution in [0.3, 0.4) is 0 Å². The molecule has 0 bridgehead atoms. The SMILES string of the molecule is C#CCN(CC#CC)C(=O)Cc1csc(-c2ncn[nH]2)n1. The van der Waals surface area contributed by atoms with Gasteiger partial charge in [-0.3, -0.25) is 9.89 Å². The van der Waals surface area contributed by atoms with Crippen LogP contribution in [0.25, 0.3) is 10.8 Å². The van der Waals surface area contributed by atoms with Crippen molar-refractivity contribution < 1.29 is 4.79 Å². The molecule has 0 radical (unpaired) electrons. The first-order valence-electron chi connectivity index (χ1n) is 6.15. The Balaban J connectivity index is 2.04. The Hall–Kier alpha value is -2.64. The summed E-state index contributed by atoms with van der Waals surface area (Å²) in [6, 6.07) is 0. The molecule has 0 aliphatic heterocycles. The number of rotatable bonds is 5. The van der Waals surface area contributed by atoms with Crippen LogP contribution in [0.4, 0.5) is 0 Å². The zero-order valence-electron chi connectivity index (χ0n) is 11.5. The molecule has 0 fully saturated rings. The number of H-pyrrole nitrogens is 1. The summed E-state index contributed by atoms with van der Waals surface area (Å²) in [4.78, 5) is 22.1. The third kappa shape index (κ3) is 3.91. The van der Waals surface area contributed by atoms with Crippen molar-refractivity contribution in [2.45, 2.75) is 13.3 Å². The number of carbonyl (C=O) groups is 1. The van der Waals surface area contributed by atoms with Crippen LogP contribution >= 0.6 is 11.3 Å². The number of aromatic amines is 1. The van der Waals surface area contributed by atoms with Crippen molar-refractivity contribution in [1.29, 1.82) is 0 Å². The molecule has 21 heavy (non-hydrogen) atoms. The fraction of sp³-hybridized carbons (Fsp3) is 0.286. The van der Waals surface area contributed by atoms with Gasteiger partial charge in [0.1, 0.15) is 6.33 Å². The molecule has 1 N–H and O–H groups in total. The highest BCUT2D eigenvalue weighted by molar-refractivity contribution is 7.13. The third-order valence-corrected chi connectivity index (χ3v) is 3.48. The minimum atomic E-state index is -0.0925. The van der Waals surface area contributed by atoms with Crippen LogP contribution < -0.4 is 0 Å². The second-order valence-corrected chi connectivity index (χ2v) is 4.89. The smallest absolute Gasteiger partial charge is 0.230 e. The normalized spacial score (nSPS) is 9.52. The van der Waals surface area contributed by atoms with Gasteiger partial charge in [-0.2, -0.15) is 5.10 Å². The first kappa shape index (κ1) is 14.8. The molecule has 2 aromatic heterocycles. The first-order chi connectivity index (χ1) is 10.2. The molecule has 7 heteroatoms. The molecule has 0 saturated carbocycles. The van der Waals surface area contributed by atoms with E-state index in [1.54, 1.807) is 6.92 Å². The lowest BCUT2D eigenvalue weighted by Crippen LogP contribution is -2.33. The predicted octanol–water partition coefficient (Wildman–Crippen LogP) is 0.956. The van der Waals surface area contributed by atoms with E-state index in [-0.39, 0.29) is 18.9 Å². The summed E-state index contributed by atoms with van der Waals surface area (Å²) in [5.41, 5.74) is 0.683. The number of aromatic nitrogens is 4. The van der Waals surface area contributed by atoms with Gasteiger partial charge < -0.3 is 4.90 Å². The molecule has 1 amide bonds. The summed E-state index contributed by atoms with van der Waals surface area (Å²) in [6.07, 6.45) is 6.88. The fourth-order valence-electron chi connectivity index (χ4n) is 1.59. The number of thiazole rings is 1. The molecule has 0 aliphatic carbocycles. The van der Waals surface area contributed by atoms with Crippen molar-refractivity contribution in [3.63, 3.8) is 0 Å². The summed E-state index contributed by atoms with van der Waals surface area (Å²) in [7, 11) is 0. The molecule has 0 aromatic carbocycles. The van der Waals surface area contributed by atoms with Crippen LogP contribution in [0.2, 0.25) is 0 Å². The first-order valence-corrected chi connectivity index (χ1v) is 7.03. The second-order valence-electron chi connectivity index (χ2n) is 4.04. The van der Waals surface area contributed by atoms with Gasteiger partial charge in [-0.15, -0.1) is 23.7 Å². The third-order valence-electron chi connectivity index (χ3n) is 2.58. The lowest BCUT2D eigenvalue weighted by molar-refractivity contribution is -0.129. The Morgan fingerprint density at radius 1 is 1.52 bits per heavy atom. The maximum atomic E-state index is 12.2. The number of hydrogen-bond donors (Lipinski definition) is 1. The molecule has 2 rings (SSSR count). The summed E-state index contributed by atoms with van der Waals surface area (Å²) >= 11 is 1.41. The zero-order chi connectivity index (χ0) is 15.1. The van der Waals surface area contributed by atoms with Crippen molar-refractivity contribution >= 4 is 17.2 Å². The van der Waals surface area contributed by atoms with Crippen LogP contribution in [0.1, 0.15) is 12.6 Å². The average Bonchev–Trinajstić information content (AvgIpc) is 3.13. The van der Waals surface area contributed by atoms with E-state index in [4.69, 9.17) is 6.42 Å². The molecule has 0 aliphatic rings. The monoisotopic (exact) mass is 299 g/mol. The summed E-state index contributed by atoms with van der Waals surface area (Å²) in [5.74, 6) is 8.57. The second kappa shape index (κ2) is 7.22. The van der Waals surface area contributed by atoms with Gasteiger partial charge in [0.15, 0.2) is 10.8 Å². The number of nitrogens with zero attached hydrogens (tertiary/aromatic N) is 4. The van der Waals surface area contributed by atoms with E-state index in [2.05, 4.69) is 37.9 Å². The van der Waals surface area contributed by atoms with Crippen molar-refractivity contribution in [2.24, 2.45) is 0 Å². The Kier molecular flexibility index (Phi) is 5.08. The van der Waals surface area contributed by atoms with E-state index in [1.165, 1.54) is 22.6 Å². The van der Waals surface area contributed by atoms with Crippen LogP contribution in [0.5, 0.6) is 0 Å². The predicted molar refractivity (Wildman–Crippen MR) is 80.1 cm³/mol.